The van der Waals surface area contributed by atoms with Gasteiger partial charge in [-0.1, -0.05) is 36.2 Å². The smallest absolute Gasteiger partial charge is 0.252 e. The van der Waals surface area contributed by atoms with Gasteiger partial charge in [-0.15, -0.1) is 0 Å². The van der Waals surface area contributed by atoms with Crippen LogP contribution >= 0.6 is 0 Å². The van der Waals surface area contributed by atoms with Gasteiger partial charge in [-0.05, 0) is 25.0 Å². The molecule has 104 valence electrons. The monoisotopic (exact) mass is 271 g/mol. The quantitative estimate of drug-likeness (QED) is 0.931. The van der Waals surface area contributed by atoms with Gasteiger partial charge < -0.3 is 9.84 Å². The maximum atomic E-state index is 12.4. The SMILES string of the molecule is Cc1nc(C2(NC(=O)c3ccccc3)CCCC2)no1. The lowest BCUT2D eigenvalue weighted by Gasteiger charge is -2.26. The summed E-state index contributed by atoms with van der Waals surface area (Å²) in [6, 6.07) is 9.22. The van der Waals surface area contributed by atoms with Crippen LogP contribution in [-0.4, -0.2) is 16.0 Å². The molecule has 1 aromatic heterocycles. The van der Waals surface area contributed by atoms with Gasteiger partial charge in [-0.2, -0.15) is 4.98 Å². The lowest BCUT2D eigenvalue weighted by atomic mass is 9.96. The van der Waals surface area contributed by atoms with Gasteiger partial charge in [-0.25, -0.2) is 0 Å². The fourth-order valence-corrected chi connectivity index (χ4v) is 2.76. The summed E-state index contributed by atoms with van der Waals surface area (Å²) in [5, 5.41) is 7.13. The number of carbonyl (C=O) groups is 1. The van der Waals surface area contributed by atoms with Gasteiger partial charge in [-0.3, -0.25) is 4.79 Å². The Labute approximate surface area is 117 Å². The number of benzene rings is 1. The first-order valence-corrected chi connectivity index (χ1v) is 6.88. The molecule has 0 unspecified atom stereocenters. The van der Waals surface area contributed by atoms with Crippen LogP contribution in [0.3, 0.4) is 0 Å². The number of nitrogens with one attached hydrogen (secondary N) is 1. The number of hydrogen-bond acceptors (Lipinski definition) is 4. The highest BCUT2D eigenvalue weighted by Gasteiger charge is 2.41. The highest BCUT2D eigenvalue weighted by molar-refractivity contribution is 5.94. The minimum Gasteiger partial charge on any atom is -0.340 e. The maximum absolute atomic E-state index is 12.4. The van der Waals surface area contributed by atoms with E-state index >= 15 is 0 Å². The number of nitrogens with zero attached hydrogens (tertiary/aromatic N) is 2. The summed E-state index contributed by atoms with van der Waals surface area (Å²) >= 11 is 0. The minimum absolute atomic E-state index is 0.0880. The van der Waals surface area contributed by atoms with Crippen molar-refractivity contribution < 1.29 is 9.32 Å². The third-order valence-corrected chi connectivity index (χ3v) is 3.80. The van der Waals surface area contributed by atoms with Crippen molar-refractivity contribution in [1.29, 1.82) is 0 Å². The van der Waals surface area contributed by atoms with Gasteiger partial charge in [0.15, 0.2) is 5.82 Å². The molecule has 1 aliphatic carbocycles. The normalized spacial score (nSPS) is 17.1. The number of hydrogen-bond donors (Lipinski definition) is 1. The minimum atomic E-state index is -0.481. The highest BCUT2D eigenvalue weighted by Crippen LogP contribution is 2.37. The van der Waals surface area contributed by atoms with E-state index in [4.69, 9.17) is 4.52 Å². The van der Waals surface area contributed by atoms with Crippen molar-refractivity contribution in [1.82, 2.24) is 15.5 Å². The fraction of sp³-hybridized carbons (Fsp3) is 0.400. The van der Waals surface area contributed by atoms with Crippen molar-refractivity contribution in [3.05, 3.63) is 47.6 Å². The van der Waals surface area contributed by atoms with Crippen LogP contribution in [0.25, 0.3) is 0 Å². The molecule has 1 N–H and O–H groups in total. The number of aryl methyl sites for hydroxylation is 1. The van der Waals surface area contributed by atoms with Crippen LogP contribution in [0.1, 0.15) is 47.8 Å². The molecule has 1 amide bonds. The van der Waals surface area contributed by atoms with Gasteiger partial charge in [0.1, 0.15) is 5.54 Å². The summed E-state index contributed by atoms with van der Waals surface area (Å²) < 4.78 is 5.08. The molecule has 20 heavy (non-hydrogen) atoms. The molecule has 0 bridgehead atoms. The molecule has 1 heterocycles. The first kappa shape index (κ1) is 12.8. The third-order valence-electron chi connectivity index (χ3n) is 3.80. The molecular weight excluding hydrogens is 254 g/mol. The molecule has 0 radical (unpaired) electrons. The summed E-state index contributed by atoms with van der Waals surface area (Å²) in [4.78, 5) is 16.7. The lowest BCUT2D eigenvalue weighted by molar-refractivity contribution is 0.0892. The zero-order valence-corrected chi connectivity index (χ0v) is 11.4. The Hall–Kier alpha value is -2.17. The predicted molar refractivity (Wildman–Crippen MR) is 73.1 cm³/mol. The van der Waals surface area contributed by atoms with Crippen molar-refractivity contribution in [2.45, 2.75) is 38.1 Å². The van der Waals surface area contributed by atoms with Crippen LogP contribution in [0.4, 0.5) is 0 Å². The molecule has 1 fully saturated rings. The van der Waals surface area contributed by atoms with Crippen molar-refractivity contribution in [3.63, 3.8) is 0 Å². The maximum Gasteiger partial charge on any atom is 0.252 e. The molecule has 1 aliphatic rings. The Morgan fingerprint density at radius 1 is 1.25 bits per heavy atom. The van der Waals surface area contributed by atoms with Crippen molar-refractivity contribution >= 4 is 5.91 Å². The van der Waals surface area contributed by atoms with Crippen LogP contribution in [0, 0.1) is 6.92 Å². The molecule has 0 aliphatic heterocycles. The largest absolute Gasteiger partial charge is 0.340 e. The summed E-state index contributed by atoms with van der Waals surface area (Å²) in [6.45, 7) is 1.76. The van der Waals surface area contributed by atoms with Gasteiger partial charge >= 0.3 is 0 Å². The molecule has 1 saturated carbocycles. The first-order valence-electron chi connectivity index (χ1n) is 6.88. The van der Waals surface area contributed by atoms with E-state index < -0.39 is 5.54 Å². The highest BCUT2D eigenvalue weighted by atomic mass is 16.5. The molecule has 1 aromatic carbocycles. The van der Waals surface area contributed by atoms with Crippen molar-refractivity contribution in [2.75, 3.05) is 0 Å². The van der Waals surface area contributed by atoms with E-state index in [1.807, 2.05) is 18.2 Å². The molecule has 0 spiro atoms. The Morgan fingerprint density at radius 2 is 1.95 bits per heavy atom. The van der Waals surface area contributed by atoms with Gasteiger partial charge in [0, 0.05) is 12.5 Å². The van der Waals surface area contributed by atoms with E-state index in [9.17, 15) is 4.79 Å². The topological polar surface area (TPSA) is 68.0 Å². The zero-order chi connectivity index (χ0) is 14.0. The number of aromatic nitrogens is 2. The van der Waals surface area contributed by atoms with Crippen molar-refractivity contribution in [3.8, 4) is 0 Å². The van der Waals surface area contributed by atoms with Gasteiger partial charge in [0.2, 0.25) is 5.89 Å². The molecular formula is C15H17N3O2. The van der Waals surface area contributed by atoms with Crippen LogP contribution in [0.2, 0.25) is 0 Å². The van der Waals surface area contributed by atoms with E-state index in [-0.39, 0.29) is 5.91 Å². The fourth-order valence-electron chi connectivity index (χ4n) is 2.76. The van der Waals surface area contributed by atoms with Gasteiger partial charge in [0.25, 0.3) is 5.91 Å². The lowest BCUT2D eigenvalue weighted by Crippen LogP contribution is -2.44. The van der Waals surface area contributed by atoms with Crippen LogP contribution < -0.4 is 5.32 Å². The molecule has 3 rings (SSSR count). The average molecular weight is 271 g/mol. The predicted octanol–water partition coefficient (Wildman–Crippen LogP) is 2.58. The van der Waals surface area contributed by atoms with E-state index in [1.54, 1.807) is 19.1 Å². The third kappa shape index (κ3) is 2.31. The molecule has 0 atom stereocenters. The zero-order valence-electron chi connectivity index (χ0n) is 11.4. The van der Waals surface area contributed by atoms with Gasteiger partial charge in [0.05, 0.1) is 0 Å². The van der Waals surface area contributed by atoms with Crippen LogP contribution in [0.15, 0.2) is 34.9 Å². The second-order valence-corrected chi connectivity index (χ2v) is 5.25. The standard InChI is InChI=1S/C15H17N3O2/c1-11-16-14(18-20-11)15(9-5-6-10-15)17-13(19)12-7-3-2-4-8-12/h2-4,7-8H,5-6,9-10H2,1H3,(H,17,19). The summed E-state index contributed by atoms with van der Waals surface area (Å²) in [5.41, 5.74) is 0.170. The molecule has 0 saturated heterocycles. The summed E-state index contributed by atoms with van der Waals surface area (Å²) in [5.74, 6) is 1.03. The average Bonchev–Trinajstić information content (AvgIpc) is 3.10. The Morgan fingerprint density at radius 3 is 2.55 bits per heavy atom. The summed E-state index contributed by atoms with van der Waals surface area (Å²) in [7, 11) is 0. The second-order valence-electron chi connectivity index (χ2n) is 5.25. The Kier molecular flexibility index (Phi) is 3.26. The second kappa shape index (κ2) is 5.07. The molecule has 2 aromatic rings. The van der Waals surface area contributed by atoms with E-state index in [0.717, 1.165) is 25.7 Å². The summed E-state index contributed by atoms with van der Waals surface area (Å²) in [6.07, 6.45) is 3.82. The van der Waals surface area contributed by atoms with E-state index in [0.29, 0.717) is 17.3 Å². The van der Waals surface area contributed by atoms with Crippen molar-refractivity contribution in [2.24, 2.45) is 0 Å². The Balaban J connectivity index is 1.87. The molecule has 5 heteroatoms. The molecule has 5 nitrogen and oxygen atoms in total. The van der Waals surface area contributed by atoms with E-state index in [1.165, 1.54) is 0 Å². The number of rotatable bonds is 3. The van der Waals surface area contributed by atoms with Crippen LogP contribution in [-0.2, 0) is 5.54 Å². The number of amides is 1. The number of carbonyl (C=O) groups excluding carboxylic acids is 1. The van der Waals surface area contributed by atoms with Crippen LogP contribution in [0.5, 0.6) is 0 Å². The Bertz CT molecular complexity index is 601. The first-order chi connectivity index (χ1) is 9.70. The van der Waals surface area contributed by atoms with E-state index in [2.05, 4.69) is 15.5 Å².